The van der Waals surface area contributed by atoms with Crippen LogP contribution in [0.25, 0.3) is 16.9 Å². The maximum atomic E-state index is 13.2. The minimum Gasteiger partial charge on any atom is -0.508 e. The number of aromatic nitrogens is 2. The zero-order valence-electron chi connectivity index (χ0n) is 13.9. The summed E-state index contributed by atoms with van der Waals surface area (Å²) < 4.78 is 45.3. The molecule has 0 spiro atoms. The zero-order valence-corrected chi connectivity index (χ0v) is 14.7. The number of rotatable bonds is 5. The van der Waals surface area contributed by atoms with Gasteiger partial charge in [-0.2, -0.15) is 18.3 Å². The Balaban J connectivity index is 2.07. The summed E-state index contributed by atoms with van der Waals surface area (Å²) in [5.74, 6) is 0.377. The summed E-state index contributed by atoms with van der Waals surface area (Å²) in [5, 5.41) is 18.5. The molecule has 3 N–H and O–H groups in total. The lowest BCUT2D eigenvalue weighted by atomic mass is 10.1. The topological polar surface area (TPSA) is 82.5 Å². The number of benzene rings is 2. The third-order valence-corrected chi connectivity index (χ3v) is 3.89. The van der Waals surface area contributed by atoms with Gasteiger partial charge in [-0.25, -0.2) is 4.68 Å². The molecule has 1 aromatic heterocycles. The first-order valence-electron chi connectivity index (χ1n) is 7.57. The van der Waals surface area contributed by atoms with Crippen molar-refractivity contribution in [3.05, 3.63) is 59.8 Å². The summed E-state index contributed by atoms with van der Waals surface area (Å²) in [4.78, 5) is 4.85. The molecule has 0 saturated carbocycles. The number of hydrogen-bond acceptors (Lipinski definition) is 6. The van der Waals surface area contributed by atoms with Crippen molar-refractivity contribution >= 4 is 12.2 Å². The Morgan fingerprint density at radius 3 is 2.41 bits per heavy atom. The number of hydrogen-bond donors (Lipinski definition) is 2. The average Bonchev–Trinajstić information content (AvgIpc) is 3.08. The van der Waals surface area contributed by atoms with Gasteiger partial charge in [-0.15, -0.1) is 0 Å². The molecule has 1 heterocycles. The molecule has 0 amide bonds. The molecule has 3 aromatic rings. The Bertz CT molecular complexity index is 943. The smallest absolute Gasteiger partial charge is 0.435 e. The van der Waals surface area contributed by atoms with Gasteiger partial charge in [-0.05, 0) is 61.0 Å². The number of halogens is 3. The number of alkyl halides is 3. The van der Waals surface area contributed by atoms with Gasteiger partial charge in [0.1, 0.15) is 18.0 Å². The summed E-state index contributed by atoms with van der Waals surface area (Å²) >= 11 is 0.520. The van der Waals surface area contributed by atoms with Crippen LogP contribution in [0.2, 0.25) is 0 Å². The van der Waals surface area contributed by atoms with E-state index >= 15 is 0 Å². The minimum absolute atomic E-state index is 0.0557. The van der Waals surface area contributed by atoms with Crippen LogP contribution in [0.5, 0.6) is 11.5 Å². The highest BCUT2D eigenvalue weighted by molar-refractivity contribution is 7.92. The molecular weight excluding hydrogens is 383 g/mol. The molecule has 0 aliphatic carbocycles. The Morgan fingerprint density at radius 2 is 1.81 bits per heavy atom. The normalized spacial score (nSPS) is 11.6. The quantitative estimate of drug-likeness (QED) is 0.287. The van der Waals surface area contributed by atoms with Crippen molar-refractivity contribution in [2.24, 2.45) is 5.14 Å². The van der Waals surface area contributed by atoms with E-state index in [9.17, 15) is 18.3 Å². The summed E-state index contributed by atoms with van der Waals surface area (Å²) in [6.07, 6.45) is -4.60. The fourth-order valence-corrected chi connectivity index (χ4v) is 2.56. The van der Waals surface area contributed by atoms with Gasteiger partial charge in [-0.1, -0.05) is 4.33 Å². The summed E-state index contributed by atoms with van der Waals surface area (Å²) in [6, 6.07) is 11.6. The summed E-state index contributed by atoms with van der Waals surface area (Å²) in [5.41, 5.74) is 0.615. The number of phenols is 1. The molecule has 0 radical (unpaired) electrons. The molecule has 0 atom stereocenters. The van der Waals surface area contributed by atoms with Gasteiger partial charge in [0.25, 0.3) is 0 Å². The van der Waals surface area contributed by atoms with E-state index in [0.29, 0.717) is 34.8 Å². The summed E-state index contributed by atoms with van der Waals surface area (Å²) in [6.45, 7) is 1.66. The summed E-state index contributed by atoms with van der Waals surface area (Å²) in [7, 11) is 0. The van der Waals surface area contributed by atoms with Gasteiger partial charge in [0.2, 0.25) is 0 Å². The molecule has 2 aromatic carbocycles. The highest BCUT2D eigenvalue weighted by atomic mass is 32.2. The van der Waals surface area contributed by atoms with Gasteiger partial charge in [0.05, 0.1) is 11.4 Å². The first-order valence-corrected chi connectivity index (χ1v) is 8.38. The number of aromatic hydroxyl groups is 1. The molecular formula is C17H14F3N3O3S. The maximum absolute atomic E-state index is 13.2. The van der Waals surface area contributed by atoms with Crippen molar-refractivity contribution in [1.29, 1.82) is 0 Å². The molecule has 10 heteroatoms. The molecule has 3 rings (SSSR count). The molecule has 27 heavy (non-hydrogen) atoms. The van der Waals surface area contributed by atoms with Crippen LogP contribution in [0.3, 0.4) is 0 Å². The highest BCUT2D eigenvalue weighted by Crippen LogP contribution is 2.34. The fourth-order valence-electron chi connectivity index (χ4n) is 2.44. The van der Waals surface area contributed by atoms with E-state index in [4.69, 9.17) is 10.0 Å². The second-order valence-corrected chi connectivity index (χ2v) is 5.90. The largest absolute Gasteiger partial charge is 0.508 e. The van der Waals surface area contributed by atoms with Crippen LogP contribution in [-0.2, 0) is 10.5 Å². The van der Waals surface area contributed by atoms with Gasteiger partial charge < -0.3 is 9.99 Å². The number of nitrogens with zero attached hydrogens (tertiary/aromatic N) is 2. The van der Waals surface area contributed by atoms with Gasteiger partial charge in [-0.3, -0.25) is 5.14 Å². The monoisotopic (exact) mass is 397 g/mol. The molecule has 0 aliphatic heterocycles. The molecule has 0 aliphatic rings. The maximum Gasteiger partial charge on any atom is 0.435 e. The van der Waals surface area contributed by atoms with E-state index < -0.39 is 11.9 Å². The lowest BCUT2D eigenvalue weighted by molar-refractivity contribution is -0.141. The zero-order chi connectivity index (χ0) is 19.6. The van der Waals surface area contributed by atoms with Crippen LogP contribution in [0.4, 0.5) is 13.2 Å². The Morgan fingerprint density at radius 1 is 1.11 bits per heavy atom. The molecule has 6 nitrogen and oxygen atoms in total. The second-order valence-electron chi connectivity index (χ2n) is 5.57. The van der Waals surface area contributed by atoms with E-state index in [1.54, 1.807) is 13.0 Å². The predicted molar refractivity (Wildman–Crippen MR) is 93.9 cm³/mol. The van der Waals surface area contributed by atoms with E-state index in [0.717, 1.165) is 6.07 Å². The lowest BCUT2D eigenvalue weighted by Gasteiger charge is -2.09. The first kappa shape index (κ1) is 19.1. The van der Waals surface area contributed by atoms with E-state index in [2.05, 4.69) is 9.43 Å². The van der Waals surface area contributed by atoms with E-state index in [1.807, 2.05) is 0 Å². The lowest BCUT2D eigenvalue weighted by Crippen LogP contribution is -2.07. The van der Waals surface area contributed by atoms with E-state index in [-0.39, 0.29) is 11.4 Å². The van der Waals surface area contributed by atoms with Crippen LogP contribution in [0, 0.1) is 6.92 Å². The van der Waals surface area contributed by atoms with Crippen molar-refractivity contribution in [3.8, 4) is 28.4 Å². The number of nitrogens with two attached hydrogens (primary N) is 1. The second kappa shape index (κ2) is 7.51. The number of aryl methyl sites for hydroxylation is 1. The Hall–Kier alpha value is -2.69. The molecule has 0 fully saturated rings. The molecule has 0 unspecified atom stereocenters. The molecule has 0 saturated heterocycles. The van der Waals surface area contributed by atoms with Crippen molar-refractivity contribution < 1.29 is 27.5 Å². The third-order valence-electron chi connectivity index (χ3n) is 3.74. The standard InChI is InChI=1S/C17H14F3N3O3S/c1-10-8-11(2-7-15(10)24)14-9-16(17(18,19)20)22-23(14)12-3-5-13(6-4-12)25-26-27-21/h2-9,24H,21H2,1H3. The van der Waals surface area contributed by atoms with E-state index in [1.165, 1.54) is 41.1 Å². The fraction of sp³-hybridized carbons (Fsp3) is 0.118. The minimum atomic E-state index is -4.60. The van der Waals surface area contributed by atoms with Crippen LogP contribution in [0.15, 0.2) is 48.5 Å². The van der Waals surface area contributed by atoms with Gasteiger partial charge >= 0.3 is 6.18 Å². The van der Waals surface area contributed by atoms with Crippen molar-refractivity contribution in [2.75, 3.05) is 0 Å². The van der Waals surface area contributed by atoms with Crippen molar-refractivity contribution in [2.45, 2.75) is 13.1 Å². The van der Waals surface area contributed by atoms with Crippen LogP contribution in [0.1, 0.15) is 11.3 Å². The third kappa shape index (κ3) is 4.18. The molecule has 142 valence electrons. The predicted octanol–water partition coefficient (Wildman–Crippen LogP) is 4.40. The Labute approximate surface area is 156 Å². The first-order chi connectivity index (χ1) is 12.8. The van der Waals surface area contributed by atoms with Crippen LogP contribution < -0.4 is 10.0 Å². The SMILES string of the molecule is Cc1cc(-c2cc(C(F)(F)F)nn2-c2ccc(OOSN)cc2)ccc1O. The van der Waals surface area contributed by atoms with Crippen LogP contribution in [-0.4, -0.2) is 14.9 Å². The van der Waals surface area contributed by atoms with Crippen molar-refractivity contribution in [3.63, 3.8) is 0 Å². The van der Waals surface area contributed by atoms with Gasteiger partial charge in [0.15, 0.2) is 11.4 Å². The number of phenolic OH excluding ortho intramolecular Hbond substituents is 1. The molecule has 0 bridgehead atoms. The average molecular weight is 397 g/mol. The Kier molecular flexibility index (Phi) is 5.31. The van der Waals surface area contributed by atoms with Crippen molar-refractivity contribution in [1.82, 2.24) is 9.78 Å². The van der Waals surface area contributed by atoms with Gasteiger partial charge in [0, 0.05) is 5.56 Å². The highest BCUT2D eigenvalue weighted by Gasteiger charge is 2.35. The van der Waals surface area contributed by atoms with Crippen LogP contribution >= 0.6 is 12.2 Å².